The molecule has 1 unspecified atom stereocenters. The molecule has 3 aromatic carbocycles. The standard InChI is InChI=1S/C27H23N5O3/c1-34-25-14-19(10-12-24(25)35-21-5-3-2-4-6-21)32-27-22-13-18(8-11-23(22)29-17-30-27)7-9-20-15-28-16-26(33)31-20/h2-6,8,10-14,17,20,28H,15-16H2,1H3,(H,31,33)(H,29,30,32). The van der Waals surface area contributed by atoms with Crippen LogP contribution in [-0.4, -0.2) is 42.1 Å². The first-order valence-corrected chi connectivity index (χ1v) is 11.1. The second kappa shape index (κ2) is 10.1. The molecule has 174 valence electrons. The molecule has 1 aliphatic heterocycles. The summed E-state index contributed by atoms with van der Waals surface area (Å²) in [4.78, 5) is 20.4. The normalized spacial score (nSPS) is 15.0. The van der Waals surface area contributed by atoms with Gasteiger partial charge in [-0.15, -0.1) is 0 Å². The molecule has 5 rings (SSSR count). The first kappa shape index (κ1) is 22.2. The van der Waals surface area contributed by atoms with E-state index in [4.69, 9.17) is 9.47 Å². The summed E-state index contributed by atoms with van der Waals surface area (Å²) in [6.07, 6.45) is 1.52. The van der Waals surface area contributed by atoms with Crippen molar-refractivity contribution >= 4 is 28.3 Å². The van der Waals surface area contributed by atoms with Crippen molar-refractivity contribution in [2.45, 2.75) is 6.04 Å². The number of carbonyl (C=O) groups excluding carboxylic acids is 1. The third-order valence-electron chi connectivity index (χ3n) is 5.39. The Morgan fingerprint density at radius 1 is 1.03 bits per heavy atom. The van der Waals surface area contributed by atoms with E-state index < -0.39 is 0 Å². The van der Waals surface area contributed by atoms with Gasteiger partial charge in [-0.2, -0.15) is 0 Å². The Hall–Kier alpha value is -4.61. The van der Waals surface area contributed by atoms with Crippen molar-refractivity contribution in [1.29, 1.82) is 0 Å². The average molecular weight is 466 g/mol. The number of hydrogen-bond donors (Lipinski definition) is 3. The molecule has 8 nitrogen and oxygen atoms in total. The molecule has 35 heavy (non-hydrogen) atoms. The number of benzene rings is 3. The fourth-order valence-electron chi connectivity index (χ4n) is 3.70. The molecule has 0 radical (unpaired) electrons. The summed E-state index contributed by atoms with van der Waals surface area (Å²) in [6.45, 7) is 0.943. The topological polar surface area (TPSA) is 97.4 Å². The van der Waals surface area contributed by atoms with E-state index in [9.17, 15) is 4.79 Å². The number of nitrogens with zero attached hydrogens (tertiary/aromatic N) is 2. The Labute approximate surface area is 202 Å². The third kappa shape index (κ3) is 5.32. The summed E-state index contributed by atoms with van der Waals surface area (Å²) < 4.78 is 11.5. The molecule has 0 aliphatic carbocycles. The predicted molar refractivity (Wildman–Crippen MR) is 134 cm³/mol. The summed E-state index contributed by atoms with van der Waals surface area (Å²) in [6, 6.07) is 20.7. The fourth-order valence-corrected chi connectivity index (χ4v) is 3.70. The second-order valence-corrected chi connectivity index (χ2v) is 7.88. The lowest BCUT2D eigenvalue weighted by Gasteiger charge is -2.19. The fraction of sp³-hybridized carbons (Fsp3) is 0.148. The van der Waals surface area contributed by atoms with Crippen molar-refractivity contribution in [3.05, 3.63) is 78.6 Å². The Bertz CT molecular complexity index is 1430. The van der Waals surface area contributed by atoms with E-state index in [1.165, 1.54) is 6.33 Å². The van der Waals surface area contributed by atoms with E-state index in [0.717, 1.165) is 27.9 Å². The van der Waals surface area contributed by atoms with Crippen LogP contribution in [0.2, 0.25) is 0 Å². The largest absolute Gasteiger partial charge is 0.493 e. The Morgan fingerprint density at radius 2 is 1.91 bits per heavy atom. The summed E-state index contributed by atoms with van der Waals surface area (Å²) >= 11 is 0. The van der Waals surface area contributed by atoms with Crippen LogP contribution >= 0.6 is 0 Å². The molecule has 0 saturated carbocycles. The van der Waals surface area contributed by atoms with E-state index in [0.29, 0.717) is 30.4 Å². The molecule has 0 bridgehead atoms. The Balaban J connectivity index is 1.40. The maximum Gasteiger partial charge on any atom is 0.234 e. The number of ether oxygens (including phenoxy) is 2. The van der Waals surface area contributed by atoms with Gasteiger partial charge < -0.3 is 25.4 Å². The van der Waals surface area contributed by atoms with Crippen LogP contribution in [0.5, 0.6) is 17.2 Å². The van der Waals surface area contributed by atoms with E-state index in [2.05, 4.69) is 37.8 Å². The van der Waals surface area contributed by atoms with Crippen LogP contribution in [0.15, 0.2) is 73.1 Å². The van der Waals surface area contributed by atoms with Gasteiger partial charge in [-0.05, 0) is 42.5 Å². The molecule has 0 spiro atoms. The number of para-hydroxylation sites is 1. The summed E-state index contributed by atoms with van der Waals surface area (Å²) in [7, 11) is 1.60. The molecule has 1 aromatic heterocycles. The smallest absolute Gasteiger partial charge is 0.234 e. The highest BCUT2D eigenvalue weighted by molar-refractivity contribution is 5.91. The number of anilines is 2. The molecule has 1 aliphatic rings. The van der Waals surface area contributed by atoms with Crippen LogP contribution in [0.4, 0.5) is 11.5 Å². The molecule has 2 heterocycles. The molecule has 1 fully saturated rings. The number of methoxy groups -OCH3 is 1. The van der Waals surface area contributed by atoms with Gasteiger partial charge >= 0.3 is 0 Å². The predicted octanol–water partition coefficient (Wildman–Crippen LogP) is 3.61. The number of piperazine rings is 1. The highest BCUT2D eigenvalue weighted by Crippen LogP contribution is 2.35. The number of nitrogens with one attached hydrogen (secondary N) is 3. The number of carbonyl (C=O) groups is 1. The lowest BCUT2D eigenvalue weighted by atomic mass is 10.1. The minimum absolute atomic E-state index is 0.0513. The van der Waals surface area contributed by atoms with Crippen LogP contribution in [0.25, 0.3) is 10.9 Å². The van der Waals surface area contributed by atoms with Gasteiger partial charge in [0.15, 0.2) is 11.5 Å². The zero-order valence-electron chi connectivity index (χ0n) is 19.0. The number of aromatic nitrogens is 2. The minimum Gasteiger partial charge on any atom is -0.493 e. The lowest BCUT2D eigenvalue weighted by molar-refractivity contribution is -0.121. The van der Waals surface area contributed by atoms with Crippen molar-refractivity contribution in [3.63, 3.8) is 0 Å². The second-order valence-electron chi connectivity index (χ2n) is 7.88. The quantitative estimate of drug-likeness (QED) is 0.388. The van der Waals surface area contributed by atoms with Crippen molar-refractivity contribution in [2.24, 2.45) is 0 Å². The van der Waals surface area contributed by atoms with E-state index >= 15 is 0 Å². The summed E-state index contributed by atoms with van der Waals surface area (Å²) in [5.41, 5.74) is 2.38. The highest BCUT2D eigenvalue weighted by atomic mass is 16.5. The van der Waals surface area contributed by atoms with Crippen LogP contribution in [-0.2, 0) is 4.79 Å². The van der Waals surface area contributed by atoms with Crippen LogP contribution in [0.1, 0.15) is 5.56 Å². The maximum atomic E-state index is 11.6. The molecule has 4 aromatic rings. The first-order valence-electron chi connectivity index (χ1n) is 11.1. The number of hydrogen-bond acceptors (Lipinski definition) is 7. The van der Waals surface area contributed by atoms with Gasteiger partial charge in [0.05, 0.1) is 19.2 Å². The molecule has 1 saturated heterocycles. The summed E-state index contributed by atoms with van der Waals surface area (Å²) in [5, 5.41) is 10.1. The van der Waals surface area contributed by atoms with Gasteiger partial charge in [-0.25, -0.2) is 9.97 Å². The Morgan fingerprint density at radius 3 is 2.74 bits per heavy atom. The van der Waals surface area contributed by atoms with Gasteiger partial charge in [0.2, 0.25) is 5.91 Å². The summed E-state index contributed by atoms with van der Waals surface area (Å²) in [5.74, 6) is 8.77. The van der Waals surface area contributed by atoms with Gasteiger partial charge in [-0.3, -0.25) is 4.79 Å². The van der Waals surface area contributed by atoms with Crippen LogP contribution < -0.4 is 25.4 Å². The van der Waals surface area contributed by atoms with E-state index in [1.54, 1.807) is 7.11 Å². The third-order valence-corrected chi connectivity index (χ3v) is 5.39. The van der Waals surface area contributed by atoms with Crippen LogP contribution in [0, 0.1) is 11.8 Å². The molecular formula is C27H23N5O3. The zero-order chi connectivity index (χ0) is 24.0. The van der Waals surface area contributed by atoms with Crippen molar-refractivity contribution < 1.29 is 14.3 Å². The van der Waals surface area contributed by atoms with Crippen molar-refractivity contribution in [1.82, 2.24) is 20.6 Å². The average Bonchev–Trinajstić information content (AvgIpc) is 2.89. The number of fused-ring (bicyclic) bond motifs is 1. The minimum atomic E-state index is -0.222. The Kier molecular flexibility index (Phi) is 6.42. The first-order chi connectivity index (χ1) is 17.2. The maximum absolute atomic E-state index is 11.6. The van der Waals surface area contributed by atoms with Gasteiger partial charge in [0, 0.05) is 29.2 Å². The van der Waals surface area contributed by atoms with Gasteiger partial charge in [0.25, 0.3) is 0 Å². The molecule has 1 atom stereocenters. The SMILES string of the molecule is COc1cc(Nc2ncnc3ccc(C#CC4CNCC(=O)N4)cc23)ccc1Oc1ccccc1. The van der Waals surface area contributed by atoms with E-state index in [-0.39, 0.29) is 11.9 Å². The molecular weight excluding hydrogens is 442 g/mol. The van der Waals surface area contributed by atoms with Crippen molar-refractivity contribution in [3.8, 4) is 29.1 Å². The zero-order valence-corrected chi connectivity index (χ0v) is 19.0. The monoisotopic (exact) mass is 465 g/mol. The molecule has 1 amide bonds. The van der Waals surface area contributed by atoms with E-state index in [1.807, 2.05) is 66.7 Å². The van der Waals surface area contributed by atoms with Gasteiger partial charge in [-0.1, -0.05) is 30.0 Å². The molecule has 8 heteroatoms. The number of amides is 1. The molecule has 3 N–H and O–H groups in total. The van der Waals surface area contributed by atoms with Crippen LogP contribution in [0.3, 0.4) is 0 Å². The van der Waals surface area contributed by atoms with Crippen molar-refractivity contribution in [2.75, 3.05) is 25.5 Å². The highest BCUT2D eigenvalue weighted by Gasteiger charge is 2.15. The van der Waals surface area contributed by atoms with Gasteiger partial charge in [0.1, 0.15) is 23.9 Å². The number of rotatable bonds is 5. The lowest BCUT2D eigenvalue weighted by Crippen LogP contribution is -2.51.